The fourth-order valence-corrected chi connectivity index (χ4v) is 4.56. The molecule has 1 aromatic heterocycles. The quantitative estimate of drug-likeness (QED) is 0.904. The van der Waals surface area contributed by atoms with Gasteiger partial charge in [-0.05, 0) is 52.9 Å². The fraction of sp³-hybridized carbons (Fsp3) is 0.786. The lowest BCUT2D eigenvalue weighted by Crippen LogP contribution is -2.29. The molecule has 4 unspecified atom stereocenters. The van der Waals surface area contributed by atoms with Gasteiger partial charge >= 0.3 is 0 Å². The second kappa shape index (κ2) is 5.54. The number of aromatic nitrogens is 2. The third-order valence-corrected chi connectivity index (χ3v) is 5.52. The van der Waals surface area contributed by atoms with Gasteiger partial charge in [0.1, 0.15) is 0 Å². The van der Waals surface area contributed by atoms with Gasteiger partial charge in [-0.15, -0.1) is 0 Å². The Morgan fingerprint density at radius 1 is 1.53 bits per heavy atom. The third-order valence-electron chi connectivity index (χ3n) is 4.91. The van der Waals surface area contributed by atoms with Gasteiger partial charge in [-0.3, -0.25) is 4.68 Å². The molecule has 0 aliphatic heterocycles. The predicted octanol–water partition coefficient (Wildman–Crippen LogP) is 2.73. The van der Waals surface area contributed by atoms with Gasteiger partial charge in [-0.25, -0.2) is 0 Å². The molecule has 3 rings (SSSR count). The van der Waals surface area contributed by atoms with E-state index in [1.807, 2.05) is 10.9 Å². The number of halogens is 1. The molecule has 2 aliphatic rings. The standard InChI is InChI=1S/C14H22BrN3O/c1-19-5-4-18-14(12(15)8-17-18)13(16)11-7-9-2-3-10(11)6-9/h8-11,13H,2-7,16H2,1H3. The van der Waals surface area contributed by atoms with Gasteiger partial charge in [0.2, 0.25) is 0 Å². The minimum Gasteiger partial charge on any atom is -0.383 e. The Balaban J connectivity index is 1.79. The van der Waals surface area contributed by atoms with Crippen molar-refractivity contribution in [3.8, 4) is 0 Å². The molecular weight excluding hydrogens is 306 g/mol. The highest BCUT2D eigenvalue weighted by molar-refractivity contribution is 9.10. The van der Waals surface area contributed by atoms with Crippen LogP contribution in [0.4, 0.5) is 0 Å². The fourth-order valence-electron chi connectivity index (χ4n) is 4.00. The predicted molar refractivity (Wildman–Crippen MR) is 77.7 cm³/mol. The van der Waals surface area contributed by atoms with Crippen LogP contribution in [0.2, 0.25) is 0 Å². The van der Waals surface area contributed by atoms with Crippen molar-refractivity contribution in [1.82, 2.24) is 9.78 Å². The molecule has 0 saturated heterocycles. The molecule has 19 heavy (non-hydrogen) atoms. The Morgan fingerprint density at radius 2 is 2.37 bits per heavy atom. The Morgan fingerprint density at radius 3 is 3.00 bits per heavy atom. The van der Waals surface area contributed by atoms with Crippen LogP contribution in [0, 0.1) is 17.8 Å². The summed E-state index contributed by atoms with van der Waals surface area (Å²) in [5, 5.41) is 4.42. The summed E-state index contributed by atoms with van der Waals surface area (Å²) in [6, 6.07) is 0.101. The smallest absolute Gasteiger partial charge is 0.0697 e. The van der Waals surface area contributed by atoms with E-state index in [0.29, 0.717) is 12.5 Å². The maximum atomic E-state index is 6.57. The Bertz CT molecular complexity index is 448. The van der Waals surface area contributed by atoms with Gasteiger partial charge in [0.25, 0.3) is 0 Å². The topological polar surface area (TPSA) is 53.1 Å². The highest BCUT2D eigenvalue weighted by Gasteiger charge is 2.43. The van der Waals surface area contributed by atoms with Gasteiger partial charge in [0, 0.05) is 7.11 Å². The third kappa shape index (κ3) is 2.48. The molecule has 4 atom stereocenters. The lowest BCUT2D eigenvalue weighted by Gasteiger charge is -2.28. The van der Waals surface area contributed by atoms with Crippen molar-refractivity contribution in [2.75, 3.05) is 13.7 Å². The molecule has 1 heterocycles. The zero-order valence-electron chi connectivity index (χ0n) is 11.4. The van der Waals surface area contributed by atoms with Crippen LogP contribution < -0.4 is 5.73 Å². The summed E-state index contributed by atoms with van der Waals surface area (Å²) in [5.74, 6) is 2.39. The first kappa shape index (κ1) is 13.6. The van der Waals surface area contributed by atoms with Gasteiger partial charge < -0.3 is 10.5 Å². The van der Waals surface area contributed by atoms with Gasteiger partial charge in [-0.2, -0.15) is 5.10 Å². The monoisotopic (exact) mass is 327 g/mol. The van der Waals surface area contributed by atoms with Gasteiger partial charge in [-0.1, -0.05) is 6.42 Å². The number of hydrogen-bond acceptors (Lipinski definition) is 3. The summed E-state index contributed by atoms with van der Waals surface area (Å²) in [7, 11) is 1.72. The average Bonchev–Trinajstić information content (AvgIpc) is 3.10. The van der Waals surface area contributed by atoms with Crippen molar-refractivity contribution in [1.29, 1.82) is 0 Å². The minimum absolute atomic E-state index is 0.101. The molecular formula is C14H22BrN3O. The van der Waals surface area contributed by atoms with Crippen LogP contribution in [-0.4, -0.2) is 23.5 Å². The lowest BCUT2D eigenvalue weighted by molar-refractivity contribution is 0.180. The Kier molecular flexibility index (Phi) is 3.96. The Hall–Kier alpha value is -0.390. The SMILES string of the molecule is COCCn1ncc(Br)c1C(N)C1CC2CCC1C2. The van der Waals surface area contributed by atoms with Crippen LogP contribution in [-0.2, 0) is 11.3 Å². The molecule has 1 aromatic rings. The molecule has 2 bridgehead atoms. The lowest BCUT2D eigenvalue weighted by atomic mass is 9.82. The first-order valence-corrected chi connectivity index (χ1v) is 7.95. The summed E-state index contributed by atoms with van der Waals surface area (Å²) in [6.45, 7) is 1.44. The van der Waals surface area contributed by atoms with Crippen molar-refractivity contribution in [2.45, 2.75) is 38.3 Å². The van der Waals surface area contributed by atoms with Crippen LogP contribution in [0.15, 0.2) is 10.7 Å². The van der Waals surface area contributed by atoms with E-state index in [1.165, 1.54) is 25.7 Å². The summed E-state index contributed by atoms with van der Waals surface area (Å²) in [6.07, 6.45) is 7.33. The molecule has 2 saturated carbocycles. The van der Waals surface area contributed by atoms with Gasteiger partial charge in [0.05, 0.1) is 35.6 Å². The number of nitrogens with two attached hydrogens (primary N) is 1. The second-order valence-corrected chi connectivity index (χ2v) is 6.81. The number of methoxy groups -OCH3 is 1. The summed E-state index contributed by atoms with van der Waals surface area (Å²) in [4.78, 5) is 0. The van der Waals surface area contributed by atoms with Crippen molar-refractivity contribution in [3.63, 3.8) is 0 Å². The average molecular weight is 328 g/mol. The van der Waals surface area contributed by atoms with E-state index in [4.69, 9.17) is 10.5 Å². The highest BCUT2D eigenvalue weighted by Crippen LogP contribution is 2.52. The highest BCUT2D eigenvalue weighted by atomic mass is 79.9. The van der Waals surface area contributed by atoms with E-state index < -0.39 is 0 Å². The van der Waals surface area contributed by atoms with Crippen molar-refractivity contribution >= 4 is 15.9 Å². The summed E-state index contributed by atoms with van der Waals surface area (Å²) in [5.41, 5.74) is 7.72. The summed E-state index contributed by atoms with van der Waals surface area (Å²) < 4.78 is 8.19. The first-order chi connectivity index (χ1) is 9.20. The van der Waals surface area contributed by atoms with Gasteiger partial charge in [0.15, 0.2) is 0 Å². The molecule has 0 spiro atoms. The van der Waals surface area contributed by atoms with Crippen molar-refractivity contribution in [3.05, 3.63) is 16.4 Å². The number of rotatable bonds is 5. The van der Waals surface area contributed by atoms with E-state index in [2.05, 4.69) is 21.0 Å². The Labute approximate surface area is 122 Å². The molecule has 0 radical (unpaired) electrons. The number of hydrogen-bond donors (Lipinski definition) is 1. The number of nitrogens with zero attached hydrogens (tertiary/aromatic N) is 2. The maximum absolute atomic E-state index is 6.57. The van der Waals surface area contributed by atoms with E-state index >= 15 is 0 Å². The minimum atomic E-state index is 0.101. The first-order valence-electron chi connectivity index (χ1n) is 7.16. The van der Waals surface area contributed by atoms with E-state index in [1.54, 1.807) is 7.11 Å². The summed E-state index contributed by atoms with van der Waals surface area (Å²) >= 11 is 3.61. The molecule has 4 nitrogen and oxygen atoms in total. The molecule has 0 amide bonds. The maximum Gasteiger partial charge on any atom is 0.0697 e. The van der Waals surface area contributed by atoms with Crippen molar-refractivity contribution in [2.24, 2.45) is 23.5 Å². The van der Waals surface area contributed by atoms with Crippen molar-refractivity contribution < 1.29 is 4.74 Å². The van der Waals surface area contributed by atoms with Crippen LogP contribution in [0.25, 0.3) is 0 Å². The zero-order valence-corrected chi connectivity index (χ0v) is 13.0. The van der Waals surface area contributed by atoms with Crippen LogP contribution in [0.1, 0.15) is 37.4 Å². The van der Waals surface area contributed by atoms with Crippen LogP contribution in [0.3, 0.4) is 0 Å². The van der Waals surface area contributed by atoms with E-state index in [-0.39, 0.29) is 6.04 Å². The second-order valence-electron chi connectivity index (χ2n) is 5.96. The molecule has 5 heteroatoms. The van der Waals surface area contributed by atoms with Crippen LogP contribution in [0.5, 0.6) is 0 Å². The number of fused-ring (bicyclic) bond motifs is 2. The van der Waals surface area contributed by atoms with E-state index in [9.17, 15) is 0 Å². The van der Waals surface area contributed by atoms with E-state index in [0.717, 1.165) is 28.5 Å². The number of ether oxygens (including phenoxy) is 1. The normalized spacial score (nSPS) is 31.0. The molecule has 2 N–H and O–H groups in total. The largest absolute Gasteiger partial charge is 0.383 e. The molecule has 106 valence electrons. The zero-order chi connectivity index (χ0) is 13.4. The molecule has 2 aliphatic carbocycles. The molecule has 0 aromatic carbocycles. The molecule has 2 fully saturated rings. The van der Waals surface area contributed by atoms with Crippen LogP contribution >= 0.6 is 15.9 Å².